The van der Waals surface area contributed by atoms with Crippen molar-refractivity contribution in [3.8, 4) is 0 Å². The fourth-order valence-electron chi connectivity index (χ4n) is 2.70. The van der Waals surface area contributed by atoms with Gasteiger partial charge < -0.3 is 14.5 Å². The van der Waals surface area contributed by atoms with Gasteiger partial charge >= 0.3 is 0 Å². The van der Waals surface area contributed by atoms with Crippen LogP contribution in [0.15, 0.2) is 22.8 Å². The van der Waals surface area contributed by atoms with E-state index in [4.69, 9.17) is 9.15 Å². The summed E-state index contributed by atoms with van der Waals surface area (Å²) in [4.78, 5) is 0. The van der Waals surface area contributed by atoms with Gasteiger partial charge in [-0.3, -0.25) is 0 Å². The van der Waals surface area contributed by atoms with Crippen LogP contribution in [0.25, 0.3) is 0 Å². The molecule has 96 valence electrons. The molecule has 0 spiro atoms. The third-order valence-corrected chi connectivity index (χ3v) is 4.21. The maximum absolute atomic E-state index is 5.79. The lowest BCUT2D eigenvalue weighted by molar-refractivity contribution is -0.126. The lowest BCUT2D eigenvalue weighted by Crippen LogP contribution is -2.61. The highest BCUT2D eigenvalue weighted by molar-refractivity contribution is 5.06. The summed E-state index contributed by atoms with van der Waals surface area (Å²) in [5.41, 5.74) is 0.266. The van der Waals surface area contributed by atoms with E-state index >= 15 is 0 Å². The summed E-state index contributed by atoms with van der Waals surface area (Å²) in [6.07, 6.45) is 4.39. The van der Waals surface area contributed by atoms with E-state index in [1.807, 2.05) is 12.1 Å². The maximum atomic E-state index is 5.79. The number of ether oxygens (including phenoxy) is 1. The van der Waals surface area contributed by atoms with Crippen LogP contribution in [0.3, 0.4) is 0 Å². The Kier molecular flexibility index (Phi) is 3.89. The Balaban J connectivity index is 1.86. The summed E-state index contributed by atoms with van der Waals surface area (Å²) in [6, 6.07) is 4.48. The SMILES string of the molecule is CCOC1CC(NCc2ccco2)C1(C)CC. The molecule has 3 atom stereocenters. The third kappa shape index (κ3) is 2.40. The highest BCUT2D eigenvalue weighted by Crippen LogP contribution is 2.45. The van der Waals surface area contributed by atoms with E-state index in [0.717, 1.165) is 31.8 Å². The van der Waals surface area contributed by atoms with E-state index in [0.29, 0.717) is 12.1 Å². The van der Waals surface area contributed by atoms with Crippen molar-refractivity contribution >= 4 is 0 Å². The smallest absolute Gasteiger partial charge is 0.117 e. The molecule has 0 radical (unpaired) electrons. The van der Waals surface area contributed by atoms with E-state index in [1.54, 1.807) is 6.26 Å². The monoisotopic (exact) mass is 237 g/mol. The lowest BCUT2D eigenvalue weighted by atomic mass is 9.61. The minimum atomic E-state index is 0.266. The summed E-state index contributed by atoms with van der Waals surface area (Å²) in [5, 5.41) is 3.58. The molecule has 17 heavy (non-hydrogen) atoms. The molecule has 3 unspecified atom stereocenters. The Morgan fingerprint density at radius 3 is 2.94 bits per heavy atom. The van der Waals surface area contributed by atoms with Crippen molar-refractivity contribution in [1.29, 1.82) is 0 Å². The third-order valence-electron chi connectivity index (χ3n) is 4.21. The van der Waals surface area contributed by atoms with Crippen LogP contribution in [0, 0.1) is 5.41 Å². The quantitative estimate of drug-likeness (QED) is 0.826. The Bertz CT molecular complexity index is 336. The molecule has 0 amide bonds. The van der Waals surface area contributed by atoms with Gasteiger partial charge in [0.05, 0.1) is 18.9 Å². The van der Waals surface area contributed by atoms with Crippen LogP contribution in [-0.2, 0) is 11.3 Å². The average molecular weight is 237 g/mol. The Morgan fingerprint density at radius 2 is 2.35 bits per heavy atom. The highest BCUT2D eigenvalue weighted by Gasteiger charge is 2.50. The van der Waals surface area contributed by atoms with Crippen molar-refractivity contribution in [2.24, 2.45) is 5.41 Å². The number of nitrogens with one attached hydrogen (secondary N) is 1. The van der Waals surface area contributed by atoms with Gasteiger partial charge in [-0.2, -0.15) is 0 Å². The van der Waals surface area contributed by atoms with Gasteiger partial charge in [0, 0.05) is 18.1 Å². The molecule has 1 aliphatic rings. The molecule has 3 heteroatoms. The molecule has 1 aromatic rings. The first-order chi connectivity index (χ1) is 8.20. The van der Waals surface area contributed by atoms with Crippen LogP contribution in [-0.4, -0.2) is 18.8 Å². The molecular weight excluding hydrogens is 214 g/mol. The minimum absolute atomic E-state index is 0.266. The molecular formula is C14H23NO2. The fourth-order valence-corrected chi connectivity index (χ4v) is 2.70. The summed E-state index contributed by atoms with van der Waals surface area (Å²) in [6.45, 7) is 8.25. The zero-order chi connectivity index (χ0) is 12.3. The van der Waals surface area contributed by atoms with E-state index in [1.165, 1.54) is 0 Å². The minimum Gasteiger partial charge on any atom is -0.468 e. The maximum Gasteiger partial charge on any atom is 0.117 e. The molecule has 2 rings (SSSR count). The molecule has 1 fully saturated rings. The second-order valence-corrected chi connectivity index (χ2v) is 5.05. The van der Waals surface area contributed by atoms with Crippen LogP contribution in [0.1, 0.15) is 39.4 Å². The first kappa shape index (κ1) is 12.7. The Morgan fingerprint density at radius 1 is 1.53 bits per heavy atom. The van der Waals surface area contributed by atoms with Crippen LogP contribution in [0.5, 0.6) is 0 Å². The van der Waals surface area contributed by atoms with Crippen molar-refractivity contribution in [3.05, 3.63) is 24.2 Å². The zero-order valence-corrected chi connectivity index (χ0v) is 11.0. The van der Waals surface area contributed by atoms with Gasteiger partial charge in [-0.25, -0.2) is 0 Å². The Hall–Kier alpha value is -0.800. The zero-order valence-electron chi connectivity index (χ0n) is 11.0. The topological polar surface area (TPSA) is 34.4 Å². The largest absolute Gasteiger partial charge is 0.468 e. The van der Waals surface area contributed by atoms with Gasteiger partial charge in [0.15, 0.2) is 0 Å². The van der Waals surface area contributed by atoms with Crippen molar-refractivity contribution in [2.45, 2.75) is 52.3 Å². The molecule has 1 N–H and O–H groups in total. The molecule has 1 aliphatic carbocycles. The van der Waals surface area contributed by atoms with Crippen LogP contribution in [0.4, 0.5) is 0 Å². The predicted octanol–water partition coefficient (Wildman–Crippen LogP) is 2.96. The Labute approximate surface area is 104 Å². The van der Waals surface area contributed by atoms with Crippen molar-refractivity contribution in [1.82, 2.24) is 5.32 Å². The number of hydrogen-bond donors (Lipinski definition) is 1. The van der Waals surface area contributed by atoms with Crippen LogP contribution < -0.4 is 5.32 Å². The summed E-state index contributed by atoms with van der Waals surface area (Å²) < 4.78 is 11.1. The second-order valence-electron chi connectivity index (χ2n) is 5.05. The van der Waals surface area contributed by atoms with Gasteiger partial charge in [-0.1, -0.05) is 13.8 Å². The average Bonchev–Trinajstić information content (AvgIpc) is 2.84. The molecule has 3 nitrogen and oxygen atoms in total. The normalized spacial score (nSPS) is 32.4. The van der Waals surface area contributed by atoms with Crippen molar-refractivity contribution in [3.63, 3.8) is 0 Å². The molecule has 0 saturated heterocycles. The van der Waals surface area contributed by atoms with Crippen molar-refractivity contribution in [2.75, 3.05) is 6.61 Å². The van der Waals surface area contributed by atoms with Gasteiger partial charge in [0.2, 0.25) is 0 Å². The number of hydrogen-bond acceptors (Lipinski definition) is 3. The number of rotatable bonds is 6. The van der Waals surface area contributed by atoms with Gasteiger partial charge in [-0.15, -0.1) is 0 Å². The van der Waals surface area contributed by atoms with E-state index in [9.17, 15) is 0 Å². The van der Waals surface area contributed by atoms with E-state index in [2.05, 4.69) is 26.1 Å². The first-order valence-corrected chi connectivity index (χ1v) is 6.58. The summed E-state index contributed by atoms with van der Waals surface area (Å²) in [5.74, 6) is 1.00. The standard InChI is InChI=1S/C14H23NO2/c1-4-14(3)12(9-13(14)16-5-2)15-10-11-7-6-8-17-11/h6-8,12-13,15H,4-5,9-10H2,1-3H3. The van der Waals surface area contributed by atoms with Gasteiger partial charge in [0.25, 0.3) is 0 Å². The van der Waals surface area contributed by atoms with E-state index < -0.39 is 0 Å². The van der Waals surface area contributed by atoms with Gasteiger partial charge in [-0.05, 0) is 31.9 Å². The second kappa shape index (κ2) is 5.23. The molecule has 0 aromatic carbocycles. The fraction of sp³-hybridized carbons (Fsp3) is 0.714. The lowest BCUT2D eigenvalue weighted by Gasteiger charge is -2.53. The predicted molar refractivity (Wildman–Crippen MR) is 67.8 cm³/mol. The summed E-state index contributed by atoms with van der Waals surface area (Å²) >= 11 is 0. The molecule has 1 heterocycles. The first-order valence-electron chi connectivity index (χ1n) is 6.58. The van der Waals surface area contributed by atoms with E-state index in [-0.39, 0.29) is 5.41 Å². The van der Waals surface area contributed by atoms with Gasteiger partial charge in [0.1, 0.15) is 5.76 Å². The summed E-state index contributed by atoms with van der Waals surface area (Å²) in [7, 11) is 0. The molecule has 1 aromatic heterocycles. The molecule has 0 aliphatic heterocycles. The number of furan rings is 1. The van der Waals surface area contributed by atoms with Crippen molar-refractivity contribution < 1.29 is 9.15 Å². The van der Waals surface area contributed by atoms with Crippen LogP contribution >= 0.6 is 0 Å². The van der Waals surface area contributed by atoms with Crippen LogP contribution in [0.2, 0.25) is 0 Å². The molecule has 0 bridgehead atoms. The highest BCUT2D eigenvalue weighted by atomic mass is 16.5. The molecule has 1 saturated carbocycles.